The van der Waals surface area contributed by atoms with Gasteiger partial charge in [-0.15, -0.1) is 0 Å². The average Bonchev–Trinajstić information content (AvgIpc) is 3.38. The van der Waals surface area contributed by atoms with E-state index in [2.05, 4.69) is 10.3 Å². The predicted octanol–water partition coefficient (Wildman–Crippen LogP) is 6.86. The third-order valence-electron chi connectivity index (χ3n) is 6.32. The minimum absolute atomic E-state index is 0.112. The molecule has 6 heteroatoms. The van der Waals surface area contributed by atoms with E-state index >= 15 is 0 Å². The van der Waals surface area contributed by atoms with Gasteiger partial charge in [-0.1, -0.05) is 110 Å². The summed E-state index contributed by atoms with van der Waals surface area (Å²) in [6.07, 6.45) is 0.828. The molecule has 0 aliphatic carbocycles. The van der Waals surface area contributed by atoms with Crippen molar-refractivity contribution in [2.24, 2.45) is 0 Å². The van der Waals surface area contributed by atoms with Crippen LogP contribution in [0.25, 0.3) is 0 Å². The molecule has 0 aliphatic rings. The molecule has 0 saturated heterocycles. The van der Waals surface area contributed by atoms with Gasteiger partial charge >= 0.3 is 0 Å². The van der Waals surface area contributed by atoms with Crippen molar-refractivity contribution in [2.75, 3.05) is 5.32 Å². The molecule has 37 heavy (non-hydrogen) atoms. The van der Waals surface area contributed by atoms with Crippen molar-refractivity contribution in [3.8, 4) is 0 Å². The number of aromatic nitrogens is 1. The molecule has 0 bridgehead atoms. The van der Waals surface area contributed by atoms with Crippen molar-refractivity contribution < 1.29 is 12.8 Å². The average molecular weight is 509 g/mol. The number of hydrogen-bond donors (Lipinski definition) is 1. The standard InChI is InChI=1S/C31H28N2O3S/c1-2-23-18-20-27(21-19-23)37(34,35)31-30(32-22-24-12-6-3-7-13-24)36-29(33-31)28(25-14-8-4-9-15-25)26-16-10-5-11-17-26/h3-21,28,32H,2,22H2,1H3. The van der Waals surface area contributed by atoms with Gasteiger partial charge in [-0.25, -0.2) is 8.42 Å². The monoisotopic (exact) mass is 508 g/mol. The Hall–Kier alpha value is -4.16. The van der Waals surface area contributed by atoms with Gasteiger partial charge in [0.05, 0.1) is 10.8 Å². The molecular formula is C31H28N2O3S. The topological polar surface area (TPSA) is 72.2 Å². The summed E-state index contributed by atoms with van der Waals surface area (Å²) in [4.78, 5) is 4.83. The van der Waals surface area contributed by atoms with Crippen LogP contribution in [-0.4, -0.2) is 13.4 Å². The number of nitrogens with one attached hydrogen (secondary N) is 1. The highest BCUT2D eigenvalue weighted by Gasteiger charge is 2.31. The zero-order chi connectivity index (χ0) is 25.7. The lowest BCUT2D eigenvalue weighted by Gasteiger charge is -2.14. The van der Waals surface area contributed by atoms with Crippen LogP contribution in [0.5, 0.6) is 0 Å². The number of anilines is 1. The summed E-state index contributed by atoms with van der Waals surface area (Å²) in [6, 6.07) is 36.4. The second kappa shape index (κ2) is 10.8. The van der Waals surface area contributed by atoms with Crippen LogP contribution in [0.1, 0.15) is 41.0 Å². The van der Waals surface area contributed by atoms with Gasteiger partial charge in [-0.3, -0.25) is 0 Å². The third-order valence-corrected chi connectivity index (χ3v) is 8.00. The summed E-state index contributed by atoms with van der Waals surface area (Å²) in [5.74, 6) is 0.0816. The Balaban J connectivity index is 1.62. The van der Waals surface area contributed by atoms with Crippen LogP contribution >= 0.6 is 0 Å². The Kier molecular flexibility index (Phi) is 7.19. The summed E-state index contributed by atoms with van der Waals surface area (Å²) in [7, 11) is -3.94. The maximum Gasteiger partial charge on any atom is 0.233 e. The van der Waals surface area contributed by atoms with Crippen LogP contribution in [0.3, 0.4) is 0 Å². The Morgan fingerprint density at radius 1 is 0.730 bits per heavy atom. The number of sulfone groups is 1. The van der Waals surface area contributed by atoms with Gasteiger partial charge in [0.2, 0.25) is 26.6 Å². The maximum atomic E-state index is 13.8. The third kappa shape index (κ3) is 5.34. The van der Waals surface area contributed by atoms with Crippen molar-refractivity contribution >= 4 is 15.7 Å². The lowest BCUT2D eigenvalue weighted by atomic mass is 9.91. The number of nitrogens with zero attached hydrogens (tertiary/aromatic N) is 1. The smallest absolute Gasteiger partial charge is 0.233 e. The Labute approximate surface area is 217 Å². The van der Waals surface area contributed by atoms with Gasteiger partial charge in [0, 0.05) is 6.54 Å². The van der Waals surface area contributed by atoms with Crippen LogP contribution in [0, 0.1) is 0 Å². The number of benzene rings is 4. The maximum absolute atomic E-state index is 13.8. The second-order valence-corrected chi connectivity index (χ2v) is 10.6. The molecule has 4 aromatic carbocycles. The molecule has 0 atom stereocenters. The molecule has 0 aliphatic heterocycles. The number of oxazole rings is 1. The van der Waals surface area contributed by atoms with Crippen molar-refractivity contribution in [3.05, 3.63) is 143 Å². The van der Waals surface area contributed by atoms with Crippen molar-refractivity contribution in [3.63, 3.8) is 0 Å². The molecule has 0 radical (unpaired) electrons. The van der Waals surface area contributed by atoms with Gasteiger partial charge in [0.15, 0.2) is 0 Å². The van der Waals surface area contributed by atoms with E-state index < -0.39 is 9.84 Å². The van der Waals surface area contributed by atoms with E-state index in [-0.39, 0.29) is 21.7 Å². The molecule has 186 valence electrons. The number of hydrogen-bond acceptors (Lipinski definition) is 5. The Morgan fingerprint density at radius 3 is 1.81 bits per heavy atom. The molecule has 0 fully saturated rings. The lowest BCUT2D eigenvalue weighted by molar-refractivity contribution is 0.498. The molecule has 0 amide bonds. The highest BCUT2D eigenvalue weighted by molar-refractivity contribution is 7.91. The molecule has 5 aromatic rings. The molecular weight excluding hydrogens is 480 g/mol. The summed E-state index contributed by atoms with van der Waals surface area (Å²) in [5.41, 5.74) is 3.98. The van der Waals surface area contributed by atoms with Gasteiger partial charge < -0.3 is 9.73 Å². The Morgan fingerprint density at radius 2 is 1.27 bits per heavy atom. The van der Waals surface area contributed by atoms with Crippen LogP contribution in [0.2, 0.25) is 0 Å². The summed E-state index contributed by atoms with van der Waals surface area (Å²) in [5, 5.41) is 3.09. The SMILES string of the molecule is CCc1ccc(S(=O)(=O)c2nc(C(c3ccccc3)c3ccccc3)oc2NCc2ccccc2)cc1. The quantitative estimate of drug-likeness (QED) is 0.235. The molecule has 1 aromatic heterocycles. The van der Waals surface area contributed by atoms with E-state index in [4.69, 9.17) is 4.42 Å². The van der Waals surface area contributed by atoms with E-state index in [0.29, 0.717) is 12.4 Å². The van der Waals surface area contributed by atoms with Crippen molar-refractivity contribution in [1.29, 1.82) is 0 Å². The summed E-state index contributed by atoms with van der Waals surface area (Å²) >= 11 is 0. The first-order chi connectivity index (χ1) is 18.1. The molecule has 0 spiro atoms. The van der Waals surface area contributed by atoms with Gasteiger partial charge in [0.1, 0.15) is 0 Å². The fourth-order valence-corrected chi connectivity index (χ4v) is 5.59. The Bertz CT molecular complexity index is 1510. The molecule has 5 rings (SSSR count). The molecule has 0 unspecified atom stereocenters. The summed E-state index contributed by atoms with van der Waals surface area (Å²) < 4.78 is 33.9. The minimum atomic E-state index is -3.94. The zero-order valence-electron chi connectivity index (χ0n) is 20.5. The van der Waals surface area contributed by atoms with Gasteiger partial charge in [0.25, 0.3) is 0 Å². The first kappa shape index (κ1) is 24.5. The molecule has 1 heterocycles. The van der Waals surface area contributed by atoms with E-state index in [9.17, 15) is 8.42 Å². The summed E-state index contributed by atoms with van der Waals surface area (Å²) in [6.45, 7) is 2.43. The van der Waals surface area contributed by atoms with Crippen LogP contribution in [0.15, 0.2) is 130 Å². The number of aryl methyl sites for hydroxylation is 1. The lowest BCUT2D eigenvalue weighted by Crippen LogP contribution is -2.08. The van der Waals surface area contributed by atoms with Crippen LogP contribution in [-0.2, 0) is 22.8 Å². The highest BCUT2D eigenvalue weighted by atomic mass is 32.2. The molecule has 1 N–H and O–H groups in total. The van der Waals surface area contributed by atoms with Crippen LogP contribution in [0.4, 0.5) is 5.88 Å². The second-order valence-electron chi connectivity index (χ2n) is 8.78. The number of rotatable bonds is 9. The zero-order valence-corrected chi connectivity index (χ0v) is 21.4. The van der Waals surface area contributed by atoms with Crippen molar-refractivity contribution in [1.82, 2.24) is 4.98 Å². The highest BCUT2D eigenvalue weighted by Crippen LogP contribution is 2.37. The first-order valence-corrected chi connectivity index (χ1v) is 13.8. The fourth-order valence-electron chi connectivity index (χ4n) is 4.30. The van der Waals surface area contributed by atoms with Gasteiger partial charge in [-0.2, -0.15) is 4.98 Å². The van der Waals surface area contributed by atoms with E-state index in [1.54, 1.807) is 12.1 Å². The van der Waals surface area contributed by atoms with Crippen molar-refractivity contribution in [2.45, 2.75) is 35.7 Å². The van der Waals surface area contributed by atoms with E-state index in [0.717, 1.165) is 28.7 Å². The van der Waals surface area contributed by atoms with E-state index in [1.165, 1.54) is 0 Å². The largest absolute Gasteiger partial charge is 0.423 e. The minimum Gasteiger partial charge on any atom is -0.423 e. The first-order valence-electron chi connectivity index (χ1n) is 12.3. The fraction of sp³-hybridized carbons (Fsp3) is 0.129. The predicted molar refractivity (Wildman–Crippen MR) is 145 cm³/mol. The molecule has 0 saturated carbocycles. The van der Waals surface area contributed by atoms with Crippen LogP contribution < -0.4 is 5.32 Å². The van der Waals surface area contributed by atoms with E-state index in [1.807, 2.05) is 110 Å². The van der Waals surface area contributed by atoms with Gasteiger partial charge in [-0.05, 0) is 40.8 Å². The normalized spacial score (nSPS) is 11.5. The molecule has 5 nitrogen and oxygen atoms in total.